The Morgan fingerprint density at radius 1 is 1.25 bits per heavy atom. The third kappa shape index (κ3) is 3.48. The van der Waals surface area contributed by atoms with Crippen molar-refractivity contribution < 1.29 is 9.59 Å². The number of hydrogen-bond donors (Lipinski definition) is 1. The lowest BCUT2D eigenvalue weighted by atomic mass is 9.84. The lowest BCUT2D eigenvalue weighted by molar-refractivity contribution is -0.143. The number of nitrogens with two attached hydrogens (primary N) is 1. The minimum Gasteiger partial charge on any atom is -0.392 e. The first kappa shape index (κ1) is 16.9. The van der Waals surface area contributed by atoms with Gasteiger partial charge in [-0.3, -0.25) is 9.59 Å². The molecule has 0 heterocycles. The van der Waals surface area contributed by atoms with Crippen LogP contribution in [0.3, 0.4) is 0 Å². The van der Waals surface area contributed by atoms with Gasteiger partial charge in [-0.15, -0.1) is 0 Å². The Labute approximate surface area is 126 Å². The van der Waals surface area contributed by atoms with Crippen molar-refractivity contribution in [2.45, 2.75) is 39.0 Å². The molecule has 0 atom stereocenters. The molecule has 0 aromatic carbocycles. The molecule has 1 rings (SSSR count). The van der Waals surface area contributed by atoms with E-state index in [1.54, 1.807) is 19.0 Å². The van der Waals surface area contributed by atoms with Crippen LogP contribution in [0.2, 0.25) is 0 Å². The maximum Gasteiger partial charge on any atom is 0.241 e. The number of nitrogens with zero attached hydrogens (tertiary/aromatic N) is 2. The molecule has 5 nitrogen and oxygen atoms in total. The second-order valence-electron chi connectivity index (χ2n) is 5.67. The summed E-state index contributed by atoms with van der Waals surface area (Å²) in [6.45, 7) is 2.65. The van der Waals surface area contributed by atoms with Crippen LogP contribution in [0.15, 0.2) is 0 Å². The van der Waals surface area contributed by atoms with Crippen LogP contribution in [0, 0.1) is 5.41 Å². The Kier molecular flexibility index (Phi) is 5.92. The standard InChI is InChI=1S/C14H25N3O2S/c1-4-9-17(10-11(18)16(2)3)13(19)14(12(15)20)7-5-6-8-14/h4-10H2,1-3H3,(H2,15,20). The molecule has 6 heteroatoms. The summed E-state index contributed by atoms with van der Waals surface area (Å²) >= 11 is 5.15. The number of likely N-dealkylation sites (N-methyl/N-ethyl adjacent to an activating group) is 1. The first-order valence-corrected chi connectivity index (χ1v) is 7.55. The molecule has 0 radical (unpaired) electrons. The SMILES string of the molecule is CCCN(CC(=O)N(C)C)C(=O)C1(C(N)=S)CCCC1. The van der Waals surface area contributed by atoms with E-state index >= 15 is 0 Å². The normalized spacial score (nSPS) is 16.8. The van der Waals surface area contributed by atoms with E-state index in [4.69, 9.17) is 18.0 Å². The zero-order chi connectivity index (χ0) is 15.3. The molecule has 1 saturated carbocycles. The second-order valence-corrected chi connectivity index (χ2v) is 6.11. The van der Waals surface area contributed by atoms with Gasteiger partial charge in [0.1, 0.15) is 0 Å². The van der Waals surface area contributed by atoms with Crippen molar-refractivity contribution in [2.75, 3.05) is 27.2 Å². The molecule has 0 spiro atoms. The Bertz CT molecular complexity index is 390. The van der Waals surface area contributed by atoms with Gasteiger partial charge in [-0.05, 0) is 19.3 Å². The fraction of sp³-hybridized carbons (Fsp3) is 0.786. The fourth-order valence-corrected chi connectivity index (χ4v) is 2.97. The molecular weight excluding hydrogens is 274 g/mol. The van der Waals surface area contributed by atoms with Gasteiger partial charge < -0.3 is 15.5 Å². The van der Waals surface area contributed by atoms with Gasteiger partial charge in [0.05, 0.1) is 16.9 Å². The van der Waals surface area contributed by atoms with Gasteiger partial charge in [0.25, 0.3) is 0 Å². The third-order valence-electron chi connectivity index (χ3n) is 3.94. The summed E-state index contributed by atoms with van der Waals surface area (Å²) in [7, 11) is 3.38. The number of hydrogen-bond acceptors (Lipinski definition) is 3. The van der Waals surface area contributed by atoms with E-state index in [1.165, 1.54) is 4.90 Å². The van der Waals surface area contributed by atoms with Gasteiger partial charge in [0, 0.05) is 20.6 Å². The Balaban J connectivity index is 2.92. The summed E-state index contributed by atoms with van der Waals surface area (Å²) in [5, 5.41) is 0. The van der Waals surface area contributed by atoms with Crippen molar-refractivity contribution in [2.24, 2.45) is 11.1 Å². The van der Waals surface area contributed by atoms with Gasteiger partial charge in [-0.2, -0.15) is 0 Å². The van der Waals surface area contributed by atoms with Crippen molar-refractivity contribution in [3.63, 3.8) is 0 Å². The van der Waals surface area contributed by atoms with Gasteiger partial charge in [0.15, 0.2) is 0 Å². The molecule has 0 aromatic rings. The van der Waals surface area contributed by atoms with Crippen LogP contribution in [0.25, 0.3) is 0 Å². The molecule has 2 amide bonds. The number of rotatable bonds is 6. The number of carbonyl (C=O) groups is 2. The van der Waals surface area contributed by atoms with Crippen LogP contribution in [0.5, 0.6) is 0 Å². The number of carbonyl (C=O) groups excluding carboxylic acids is 2. The van der Waals surface area contributed by atoms with E-state index in [1.807, 2.05) is 6.92 Å². The van der Waals surface area contributed by atoms with E-state index in [2.05, 4.69) is 0 Å². The topological polar surface area (TPSA) is 66.6 Å². The Morgan fingerprint density at radius 2 is 1.80 bits per heavy atom. The van der Waals surface area contributed by atoms with Crippen LogP contribution in [0.4, 0.5) is 0 Å². The maximum atomic E-state index is 12.8. The van der Waals surface area contributed by atoms with Gasteiger partial charge in [0.2, 0.25) is 11.8 Å². The third-order valence-corrected chi connectivity index (χ3v) is 4.33. The zero-order valence-corrected chi connectivity index (χ0v) is 13.5. The zero-order valence-electron chi connectivity index (χ0n) is 12.6. The largest absolute Gasteiger partial charge is 0.392 e. The smallest absolute Gasteiger partial charge is 0.241 e. The monoisotopic (exact) mass is 299 g/mol. The quantitative estimate of drug-likeness (QED) is 0.747. The van der Waals surface area contributed by atoms with Gasteiger partial charge in [-0.25, -0.2) is 0 Å². The lowest BCUT2D eigenvalue weighted by Gasteiger charge is -2.33. The molecule has 0 bridgehead atoms. The van der Waals surface area contributed by atoms with Crippen LogP contribution >= 0.6 is 12.2 Å². The average molecular weight is 299 g/mol. The van der Waals surface area contributed by atoms with Crippen molar-refractivity contribution in [1.82, 2.24) is 9.80 Å². The lowest BCUT2D eigenvalue weighted by Crippen LogP contribution is -2.51. The van der Waals surface area contributed by atoms with E-state index in [9.17, 15) is 9.59 Å². The minimum absolute atomic E-state index is 0.0699. The predicted molar refractivity (Wildman–Crippen MR) is 83.3 cm³/mol. The van der Waals surface area contributed by atoms with Crippen molar-refractivity contribution in [3.05, 3.63) is 0 Å². The molecular formula is C14H25N3O2S. The Hall–Kier alpha value is -1.17. The molecule has 1 aliphatic carbocycles. The maximum absolute atomic E-state index is 12.8. The molecule has 0 aromatic heterocycles. The molecule has 1 fully saturated rings. The van der Waals surface area contributed by atoms with Crippen LogP contribution < -0.4 is 5.73 Å². The van der Waals surface area contributed by atoms with E-state index in [-0.39, 0.29) is 23.3 Å². The highest BCUT2D eigenvalue weighted by Gasteiger charge is 2.46. The van der Waals surface area contributed by atoms with E-state index in [0.717, 1.165) is 19.3 Å². The van der Waals surface area contributed by atoms with Gasteiger partial charge in [-0.1, -0.05) is 32.0 Å². The number of thiocarbonyl (C=S) groups is 1. The van der Waals surface area contributed by atoms with Crippen LogP contribution in [0.1, 0.15) is 39.0 Å². The van der Waals surface area contributed by atoms with Crippen LogP contribution in [-0.2, 0) is 9.59 Å². The van der Waals surface area contributed by atoms with Crippen molar-refractivity contribution in [1.29, 1.82) is 0 Å². The van der Waals surface area contributed by atoms with Crippen LogP contribution in [-0.4, -0.2) is 53.8 Å². The highest BCUT2D eigenvalue weighted by Crippen LogP contribution is 2.40. The summed E-state index contributed by atoms with van der Waals surface area (Å²) in [5.41, 5.74) is 5.12. The highest BCUT2D eigenvalue weighted by molar-refractivity contribution is 7.80. The number of amides is 2. The molecule has 0 saturated heterocycles. The van der Waals surface area contributed by atoms with E-state index in [0.29, 0.717) is 19.4 Å². The minimum atomic E-state index is -0.725. The molecule has 2 N–H and O–H groups in total. The Morgan fingerprint density at radius 3 is 2.20 bits per heavy atom. The molecule has 0 unspecified atom stereocenters. The predicted octanol–water partition coefficient (Wildman–Crippen LogP) is 1.16. The molecule has 114 valence electrons. The average Bonchev–Trinajstić information content (AvgIpc) is 2.87. The summed E-state index contributed by atoms with van der Waals surface area (Å²) in [6.07, 6.45) is 4.14. The summed E-state index contributed by atoms with van der Waals surface area (Å²) in [6, 6.07) is 0. The molecule has 20 heavy (non-hydrogen) atoms. The molecule has 0 aliphatic heterocycles. The van der Waals surface area contributed by atoms with E-state index < -0.39 is 5.41 Å². The summed E-state index contributed by atoms with van der Waals surface area (Å²) in [5.74, 6) is -0.151. The van der Waals surface area contributed by atoms with Crippen molar-refractivity contribution in [3.8, 4) is 0 Å². The first-order valence-electron chi connectivity index (χ1n) is 7.14. The second kappa shape index (κ2) is 7.02. The molecule has 1 aliphatic rings. The van der Waals surface area contributed by atoms with Gasteiger partial charge >= 0.3 is 0 Å². The first-order chi connectivity index (χ1) is 9.35. The fourth-order valence-electron chi connectivity index (χ4n) is 2.67. The highest BCUT2D eigenvalue weighted by atomic mass is 32.1. The van der Waals surface area contributed by atoms with Crippen molar-refractivity contribution >= 4 is 29.0 Å². The summed E-state index contributed by atoms with van der Waals surface area (Å²) in [4.78, 5) is 28.1. The summed E-state index contributed by atoms with van der Waals surface area (Å²) < 4.78 is 0.